The number of amides is 1. The van der Waals surface area contributed by atoms with E-state index in [1.54, 1.807) is 25.1 Å². The minimum Gasteiger partial charge on any atom is -0.481 e. The number of carbonyl (C=O) groups is 1. The molecule has 1 aromatic heterocycles. The van der Waals surface area contributed by atoms with Crippen molar-refractivity contribution in [2.24, 2.45) is 0 Å². The van der Waals surface area contributed by atoms with Crippen molar-refractivity contribution in [1.82, 2.24) is 10.3 Å². The van der Waals surface area contributed by atoms with Gasteiger partial charge in [0, 0.05) is 23.6 Å². The zero-order valence-electron chi connectivity index (χ0n) is 16.2. The van der Waals surface area contributed by atoms with Crippen molar-refractivity contribution in [3.05, 3.63) is 70.6 Å². The molecule has 0 unspecified atom stereocenters. The Kier molecular flexibility index (Phi) is 6.37. The third-order valence-electron chi connectivity index (χ3n) is 4.38. The Bertz CT molecular complexity index is 954. The SMILES string of the molecule is Cc1cc(Cl)ccc1O[C@H](C)C(=O)NCCc1nc(-c2ccccc2)oc1C. The number of rotatable bonds is 7. The second-order valence-electron chi connectivity index (χ2n) is 6.60. The molecule has 2 aromatic carbocycles. The molecule has 1 heterocycles. The molecule has 0 aliphatic rings. The molecule has 0 spiro atoms. The van der Waals surface area contributed by atoms with Gasteiger partial charge in [0.1, 0.15) is 11.5 Å². The first-order chi connectivity index (χ1) is 13.4. The van der Waals surface area contributed by atoms with E-state index in [-0.39, 0.29) is 5.91 Å². The molecule has 6 heteroatoms. The van der Waals surface area contributed by atoms with Crippen LogP contribution < -0.4 is 10.1 Å². The molecule has 0 aliphatic heterocycles. The number of halogens is 1. The van der Waals surface area contributed by atoms with Gasteiger partial charge in [0.15, 0.2) is 6.10 Å². The molecule has 0 radical (unpaired) electrons. The minimum atomic E-state index is -0.613. The first-order valence-electron chi connectivity index (χ1n) is 9.16. The molecule has 5 nitrogen and oxygen atoms in total. The largest absolute Gasteiger partial charge is 0.481 e. The Morgan fingerprint density at radius 3 is 2.68 bits per heavy atom. The number of benzene rings is 2. The van der Waals surface area contributed by atoms with Gasteiger partial charge in [-0.3, -0.25) is 4.79 Å². The molecule has 0 saturated carbocycles. The molecular formula is C22H23ClN2O3. The van der Waals surface area contributed by atoms with E-state index < -0.39 is 6.10 Å². The highest BCUT2D eigenvalue weighted by Gasteiger charge is 2.16. The van der Waals surface area contributed by atoms with Gasteiger partial charge in [-0.2, -0.15) is 0 Å². The van der Waals surface area contributed by atoms with Crippen LogP contribution in [0.2, 0.25) is 5.02 Å². The number of hydrogen-bond donors (Lipinski definition) is 1. The van der Waals surface area contributed by atoms with Gasteiger partial charge in [0.25, 0.3) is 5.91 Å². The van der Waals surface area contributed by atoms with E-state index >= 15 is 0 Å². The fourth-order valence-corrected chi connectivity index (χ4v) is 3.03. The summed E-state index contributed by atoms with van der Waals surface area (Å²) >= 11 is 5.95. The van der Waals surface area contributed by atoms with Crippen LogP contribution in [0.25, 0.3) is 11.5 Å². The van der Waals surface area contributed by atoms with Crippen LogP contribution >= 0.6 is 11.6 Å². The Morgan fingerprint density at radius 1 is 1.21 bits per heavy atom. The van der Waals surface area contributed by atoms with Gasteiger partial charge >= 0.3 is 0 Å². The number of nitrogens with one attached hydrogen (secondary N) is 1. The van der Waals surface area contributed by atoms with E-state index in [2.05, 4.69) is 10.3 Å². The van der Waals surface area contributed by atoms with Crippen LogP contribution in [-0.4, -0.2) is 23.5 Å². The number of aryl methyl sites for hydroxylation is 2. The van der Waals surface area contributed by atoms with Gasteiger partial charge < -0.3 is 14.5 Å². The summed E-state index contributed by atoms with van der Waals surface area (Å²) in [6.07, 6.45) is -0.0289. The predicted octanol–water partition coefficient (Wildman–Crippen LogP) is 4.74. The first-order valence-corrected chi connectivity index (χ1v) is 9.54. The molecule has 146 valence electrons. The van der Waals surface area contributed by atoms with Crippen LogP contribution in [0.15, 0.2) is 52.9 Å². The average Bonchev–Trinajstić information content (AvgIpc) is 3.05. The van der Waals surface area contributed by atoms with Crippen LogP contribution in [0, 0.1) is 13.8 Å². The number of nitrogens with zero attached hydrogens (tertiary/aromatic N) is 1. The molecular weight excluding hydrogens is 376 g/mol. The smallest absolute Gasteiger partial charge is 0.260 e. The highest BCUT2D eigenvalue weighted by Crippen LogP contribution is 2.23. The third-order valence-corrected chi connectivity index (χ3v) is 4.62. The lowest BCUT2D eigenvalue weighted by Crippen LogP contribution is -2.37. The fraction of sp³-hybridized carbons (Fsp3) is 0.273. The van der Waals surface area contributed by atoms with Crippen molar-refractivity contribution in [1.29, 1.82) is 0 Å². The Hall–Kier alpha value is -2.79. The zero-order valence-corrected chi connectivity index (χ0v) is 16.9. The lowest BCUT2D eigenvalue weighted by Gasteiger charge is -2.16. The van der Waals surface area contributed by atoms with E-state index in [4.69, 9.17) is 20.8 Å². The average molecular weight is 399 g/mol. The third kappa shape index (κ3) is 4.93. The molecule has 0 aliphatic carbocycles. The van der Waals surface area contributed by atoms with Gasteiger partial charge in [0.05, 0.1) is 5.69 Å². The summed E-state index contributed by atoms with van der Waals surface area (Å²) < 4.78 is 11.5. The second kappa shape index (κ2) is 8.93. The highest BCUT2D eigenvalue weighted by atomic mass is 35.5. The summed E-state index contributed by atoms with van der Waals surface area (Å²) in [7, 11) is 0. The molecule has 0 fully saturated rings. The summed E-state index contributed by atoms with van der Waals surface area (Å²) in [5.41, 5.74) is 2.65. The summed E-state index contributed by atoms with van der Waals surface area (Å²) in [5, 5.41) is 3.53. The minimum absolute atomic E-state index is 0.182. The highest BCUT2D eigenvalue weighted by molar-refractivity contribution is 6.30. The van der Waals surface area contributed by atoms with Gasteiger partial charge in [0.2, 0.25) is 5.89 Å². The van der Waals surface area contributed by atoms with E-state index in [0.29, 0.717) is 29.6 Å². The molecule has 3 rings (SSSR count). The number of ether oxygens (including phenoxy) is 1. The number of aromatic nitrogens is 1. The van der Waals surface area contributed by atoms with Crippen LogP contribution in [-0.2, 0) is 11.2 Å². The maximum atomic E-state index is 12.3. The molecule has 28 heavy (non-hydrogen) atoms. The van der Waals surface area contributed by atoms with Crippen molar-refractivity contribution >= 4 is 17.5 Å². The summed E-state index contributed by atoms with van der Waals surface area (Å²) in [6.45, 7) is 5.95. The molecule has 1 atom stereocenters. The Balaban J connectivity index is 1.53. The van der Waals surface area contributed by atoms with Crippen molar-refractivity contribution in [3.8, 4) is 17.2 Å². The molecule has 0 bridgehead atoms. The van der Waals surface area contributed by atoms with Gasteiger partial charge in [-0.1, -0.05) is 29.8 Å². The monoisotopic (exact) mass is 398 g/mol. The van der Waals surface area contributed by atoms with Crippen LogP contribution in [0.5, 0.6) is 5.75 Å². The van der Waals surface area contributed by atoms with Crippen molar-refractivity contribution in [3.63, 3.8) is 0 Å². The normalized spacial score (nSPS) is 11.9. The number of oxazole rings is 1. The molecule has 1 N–H and O–H groups in total. The fourth-order valence-electron chi connectivity index (χ4n) is 2.80. The van der Waals surface area contributed by atoms with E-state index in [1.807, 2.05) is 44.2 Å². The van der Waals surface area contributed by atoms with E-state index in [1.165, 1.54) is 0 Å². The summed E-state index contributed by atoms with van der Waals surface area (Å²) in [6, 6.07) is 15.1. The summed E-state index contributed by atoms with van der Waals surface area (Å²) in [4.78, 5) is 16.9. The van der Waals surface area contributed by atoms with Crippen molar-refractivity contribution < 1.29 is 13.9 Å². The van der Waals surface area contributed by atoms with Gasteiger partial charge in [-0.15, -0.1) is 0 Å². The van der Waals surface area contributed by atoms with E-state index in [9.17, 15) is 4.79 Å². The van der Waals surface area contributed by atoms with Gasteiger partial charge in [-0.05, 0) is 56.7 Å². The standard InChI is InChI=1S/C22H23ClN2O3/c1-14-13-18(23)9-10-20(14)27-16(3)21(26)24-12-11-19-15(2)28-22(25-19)17-7-5-4-6-8-17/h4-10,13,16H,11-12H2,1-3H3,(H,24,26)/t16-/m1/s1. The second-order valence-corrected chi connectivity index (χ2v) is 7.04. The zero-order chi connectivity index (χ0) is 20.1. The molecule has 3 aromatic rings. The first kappa shape index (κ1) is 20.0. The van der Waals surface area contributed by atoms with Crippen molar-refractivity contribution in [2.45, 2.75) is 33.3 Å². The molecule has 0 saturated heterocycles. The van der Waals surface area contributed by atoms with Crippen LogP contribution in [0.4, 0.5) is 0 Å². The maximum absolute atomic E-state index is 12.3. The lowest BCUT2D eigenvalue weighted by molar-refractivity contribution is -0.127. The summed E-state index contributed by atoms with van der Waals surface area (Å²) in [5.74, 6) is 1.81. The lowest BCUT2D eigenvalue weighted by atomic mass is 10.2. The van der Waals surface area contributed by atoms with Crippen LogP contribution in [0.3, 0.4) is 0 Å². The molecule has 1 amide bonds. The van der Waals surface area contributed by atoms with Crippen LogP contribution in [0.1, 0.15) is 23.9 Å². The Labute approximate surface area is 169 Å². The Morgan fingerprint density at radius 2 is 1.96 bits per heavy atom. The number of hydrogen-bond acceptors (Lipinski definition) is 4. The predicted molar refractivity (Wildman–Crippen MR) is 110 cm³/mol. The van der Waals surface area contributed by atoms with Gasteiger partial charge in [-0.25, -0.2) is 4.98 Å². The van der Waals surface area contributed by atoms with Crippen molar-refractivity contribution in [2.75, 3.05) is 6.54 Å². The topological polar surface area (TPSA) is 64.4 Å². The quantitative estimate of drug-likeness (QED) is 0.624. The number of carbonyl (C=O) groups excluding carboxylic acids is 1. The maximum Gasteiger partial charge on any atom is 0.260 e. The van der Waals surface area contributed by atoms with E-state index in [0.717, 1.165) is 22.6 Å².